The summed E-state index contributed by atoms with van der Waals surface area (Å²) >= 11 is 0. The number of pyridine rings is 1. The van der Waals surface area contributed by atoms with Crippen molar-refractivity contribution in [2.24, 2.45) is 0 Å². The van der Waals surface area contributed by atoms with E-state index in [9.17, 15) is 18.0 Å². The van der Waals surface area contributed by atoms with Gasteiger partial charge < -0.3 is 10.2 Å². The molecule has 1 amide bonds. The van der Waals surface area contributed by atoms with Crippen LogP contribution >= 0.6 is 0 Å². The van der Waals surface area contributed by atoms with Crippen molar-refractivity contribution in [3.05, 3.63) is 84.1 Å². The van der Waals surface area contributed by atoms with E-state index in [2.05, 4.69) is 10.3 Å². The number of benzene rings is 2. The lowest BCUT2D eigenvalue weighted by Gasteiger charge is -2.18. The molecule has 0 aliphatic rings. The first-order valence-electron chi connectivity index (χ1n) is 8.08. The standard InChI is InChI=1S/C20H16F3N3O/c1-26(15-7-3-2-4-8-15)19(27)14-11-12-24-18(13-14)25-17-10-6-5-9-16(17)20(21,22)23/h2-13H,1H3,(H,24,25). The van der Waals surface area contributed by atoms with Gasteiger partial charge in [0.15, 0.2) is 0 Å². The van der Waals surface area contributed by atoms with Gasteiger partial charge in [0.25, 0.3) is 5.91 Å². The molecule has 2 aromatic carbocycles. The second kappa shape index (κ2) is 7.49. The average Bonchev–Trinajstić information content (AvgIpc) is 2.67. The molecule has 7 heteroatoms. The van der Waals surface area contributed by atoms with Crippen LogP contribution in [0.15, 0.2) is 72.9 Å². The molecule has 0 bridgehead atoms. The Labute approximate surface area is 154 Å². The lowest BCUT2D eigenvalue weighted by Crippen LogP contribution is -2.26. The molecule has 0 saturated carbocycles. The summed E-state index contributed by atoms with van der Waals surface area (Å²) in [6.45, 7) is 0. The summed E-state index contributed by atoms with van der Waals surface area (Å²) < 4.78 is 39.4. The minimum absolute atomic E-state index is 0.126. The number of carbonyl (C=O) groups excluding carboxylic acids is 1. The van der Waals surface area contributed by atoms with E-state index in [4.69, 9.17) is 0 Å². The van der Waals surface area contributed by atoms with Crippen molar-refractivity contribution in [1.29, 1.82) is 0 Å². The van der Waals surface area contributed by atoms with Crippen molar-refractivity contribution in [1.82, 2.24) is 4.98 Å². The molecule has 3 rings (SSSR count). The van der Waals surface area contributed by atoms with Crippen LogP contribution in [-0.4, -0.2) is 17.9 Å². The van der Waals surface area contributed by atoms with Crippen LogP contribution in [-0.2, 0) is 6.18 Å². The van der Waals surface area contributed by atoms with E-state index in [0.29, 0.717) is 11.3 Å². The van der Waals surface area contributed by atoms with Crippen LogP contribution < -0.4 is 10.2 Å². The van der Waals surface area contributed by atoms with Crippen LogP contribution in [0.25, 0.3) is 0 Å². The largest absolute Gasteiger partial charge is 0.418 e. The summed E-state index contributed by atoms with van der Waals surface area (Å²) in [5.41, 5.74) is 0.0861. The molecule has 1 N–H and O–H groups in total. The number of alkyl halides is 3. The molecule has 3 aromatic rings. The van der Waals surface area contributed by atoms with Gasteiger partial charge in [-0.05, 0) is 36.4 Å². The zero-order chi connectivity index (χ0) is 19.4. The van der Waals surface area contributed by atoms with Crippen LogP contribution in [0.1, 0.15) is 15.9 Å². The smallest absolute Gasteiger partial charge is 0.340 e. The number of anilines is 3. The molecular formula is C20H16F3N3O. The first-order valence-corrected chi connectivity index (χ1v) is 8.08. The second-order valence-electron chi connectivity index (χ2n) is 5.80. The summed E-state index contributed by atoms with van der Waals surface area (Å²) in [5.74, 6) is -0.144. The van der Waals surface area contributed by atoms with Gasteiger partial charge in [-0.3, -0.25) is 4.79 Å². The highest BCUT2D eigenvalue weighted by molar-refractivity contribution is 6.06. The number of aromatic nitrogens is 1. The monoisotopic (exact) mass is 371 g/mol. The summed E-state index contributed by atoms with van der Waals surface area (Å²) in [4.78, 5) is 18.2. The van der Waals surface area contributed by atoms with Crippen LogP contribution in [0, 0.1) is 0 Å². The molecule has 0 atom stereocenters. The third kappa shape index (κ3) is 4.25. The minimum Gasteiger partial charge on any atom is -0.340 e. The maximum Gasteiger partial charge on any atom is 0.418 e. The first kappa shape index (κ1) is 18.4. The lowest BCUT2D eigenvalue weighted by molar-refractivity contribution is -0.136. The van der Waals surface area contributed by atoms with Gasteiger partial charge in [0.1, 0.15) is 5.82 Å². The average molecular weight is 371 g/mol. The van der Waals surface area contributed by atoms with E-state index in [1.165, 1.54) is 41.4 Å². The molecule has 4 nitrogen and oxygen atoms in total. The fraction of sp³-hybridized carbons (Fsp3) is 0.100. The predicted octanol–water partition coefficient (Wildman–Crippen LogP) is 5.12. The van der Waals surface area contributed by atoms with Gasteiger partial charge in [-0.1, -0.05) is 30.3 Å². The highest BCUT2D eigenvalue weighted by atomic mass is 19.4. The topological polar surface area (TPSA) is 45.2 Å². The predicted molar refractivity (Wildman–Crippen MR) is 98.1 cm³/mol. The van der Waals surface area contributed by atoms with E-state index in [0.717, 1.165) is 6.07 Å². The second-order valence-corrected chi connectivity index (χ2v) is 5.80. The lowest BCUT2D eigenvalue weighted by atomic mass is 10.1. The van der Waals surface area contributed by atoms with Gasteiger partial charge >= 0.3 is 6.18 Å². The fourth-order valence-electron chi connectivity index (χ4n) is 2.57. The molecule has 0 radical (unpaired) electrons. The highest BCUT2D eigenvalue weighted by Gasteiger charge is 2.33. The number of hydrogen-bond donors (Lipinski definition) is 1. The molecular weight excluding hydrogens is 355 g/mol. The number of carbonyl (C=O) groups is 1. The molecule has 0 aliphatic carbocycles. The van der Waals surface area contributed by atoms with Gasteiger partial charge in [-0.2, -0.15) is 13.2 Å². The van der Waals surface area contributed by atoms with Crippen molar-refractivity contribution < 1.29 is 18.0 Å². The molecule has 0 saturated heterocycles. The normalized spacial score (nSPS) is 11.1. The number of nitrogens with one attached hydrogen (secondary N) is 1. The van der Waals surface area contributed by atoms with Crippen molar-refractivity contribution in [2.45, 2.75) is 6.18 Å². The molecule has 0 fully saturated rings. The Bertz CT molecular complexity index is 942. The van der Waals surface area contributed by atoms with Crippen molar-refractivity contribution in [3.8, 4) is 0 Å². The van der Waals surface area contributed by atoms with E-state index in [1.807, 2.05) is 18.2 Å². The van der Waals surface area contributed by atoms with Crippen molar-refractivity contribution >= 4 is 23.1 Å². The summed E-state index contributed by atoms with van der Waals surface area (Å²) in [7, 11) is 1.63. The van der Waals surface area contributed by atoms with E-state index in [-0.39, 0.29) is 17.4 Å². The number of rotatable bonds is 4. The molecule has 138 valence electrons. The third-order valence-corrected chi connectivity index (χ3v) is 3.95. The summed E-state index contributed by atoms with van der Waals surface area (Å²) in [6.07, 6.45) is -3.12. The van der Waals surface area contributed by atoms with Gasteiger partial charge in [-0.15, -0.1) is 0 Å². The molecule has 0 spiro atoms. The minimum atomic E-state index is -4.50. The van der Waals surface area contributed by atoms with Crippen molar-refractivity contribution in [3.63, 3.8) is 0 Å². The zero-order valence-electron chi connectivity index (χ0n) is 14.4. The van der Waals surface area contributed by atoms with Crippen LogP contribution in [0.5, 0.6) is 0 Å². The SMILES string of the molecule is CN(C(=O)c1ccnc(Nc2ccccc2C(F)(F)F)c1)c1ccccc1. The third-order valence-electron chi connectivity index (χ3n) is 3.95. The van der Waals surface area contributed by atoms with Crippen LogP contribution in [0.2, 0.25) is 0 Å². The zero-order valence-corrected chi connectivity index (χ0v) is 14.4. The van der Waals surface area contributed by atoms with E-state index >= 15 is 0 Å². The van der Waals surface area contributed by atoms with Gasteiger partial charge in [-0.25, -0.2) is 4.98 Å². The number of halogens is 3. The quantitative estimate of drug-likeness (QED) is 0.692. The highest BCUT2D eigenvalue weighted by Crippen LogP contribution is 2.35. The van der Waals surface area contributed by atoms with Gasteiger partial charge in [0.05, 0.1) is 11.3 Å². The molecule has 1 aromatic heterocycles. The van der Waals surface area contributed by atoms with Crippen molar-refractivity contribution in [2.75, 3.05) is 17.3 Å². The number of nitrogens with zero attached hydrogens (tertiary/aromatic N) is 2. The summed E-state index contributed by atoms with van der Waals surface area (Å²) in [6, 6.07) is 17.1. The Morgan fingerprint density at radius 1 is 1.00 bits per heavy atom. The molecule has 0 unspecified atom stereocenters. The molecule has 0 aliphatic heterocycles. The Hall–Kier alpha value is -3.35. The molecule has 27 heavy (non-hydrogen) atoms. The Balaban J connectivity index is 1.86. The number of amides is 1. The number of para-hydroxylation sites is 2. The maximum absolute atomic E-state index is 13.1. The van der Waals surface area contributed by atoms with E-state index in [1.54, 1.807) is 19.2 Å². The van der Waals surface area contributed by atoms with Crippen LogP contribution in [0.3, 0.4) is 0 Å². The van der Waals surface area contributed by atoms with Crippen LogP contribution in [0.4, 0.5) is 30.4 Å². The number of hydrogen-bond acceptors (Lipinski definition) is 3. The fourth-order valence-corrected chi connectivity index (χ4v) is 2.57. The Morgan fingerprint density at radius 2 is 1.67 bits per heavy atom. The van der Waals surface area contributed by atoms with Gasteiger partial charge in [0, 0.05) is 24.5 Å². The first-order chi connectivity index (χ1) is 12.9. The van der Waals surface area contributed by atoms with E-state index < -0.39 is 11.7 Å². The maximum atomic E-state index is 13.1. The summed E-state index contributed by atoms with van der Waals surface area (Å²) in [5, 5.41) is 2.65. The van der Waals surface area contributed by atoms with Gasteiger partial charge in [0.2, 0.25) is 0 Å². The Morgan fingerprint density at radius 3 is 2.37 bits per heavy atom. The molecule has 1 heterocycles. The Kier molecular flexibility index (Phi) is 5.12.